The van der Waals surface area contributed by atoms with Gasteiger partial charge in [0.25, 0.3) is 5.91 Å². The van der Waals surface area contributed by atoms with Gasteiger partial charge in [-0.15, -0.1) is 0 Å². The molecule has 0 radical (unpaired) electrons. The number of carbonyl (C=O) groups excluding carboxylic acids is 2. The molecule has 5 aliphatic rings. The van der Waals surface area contributed by atoms with Gasteiger partial charge in [0.05, 0.1) is 26.4 Å². The molecule has 2 bridgehead atoms. The van der Waals surface area contributed by atoms with Crippen LogP contribution in [0.15, 0.2) is 36.4 Å². The van der Waals surface area contributed by atoms with Crippen molar-refractivity contribution in [3.63, 3.8) is 0 Å². The molecule has 2 amide bonds. The maximum absolute atomic E-state index is 14.2. The number of hydroxylamine groups is 2. The number of thioether (sulfide) groups is 1. The van der Waals surface area contributed by atoms with Crippen LogP contribution in [0.5, 0.6) is 5.75 Å². The number of fused-ring (bicyclic) bond motifs is 2. The molecular weight excluding hydrogens is 679 g/mol. The molecule has 3 aliphatic carbocycles. The lowest BCUT2D eigenvalue weighted by atomic mass is 9.45. The molecule has 0 aromatic heterocycles. The molecule has 11 nitrogen and oxygen atoms in total. The van der Waals surface area contributed by atoms with E-state index in [0.717, 1.165) is 59.9 Å². The van der Waals surface area contributed by atoms with Gasteiger partial charge in [0.1, 0.15) is 17.9 Å². The number of rotatable bonds is 13. The molecule has 286 valence electrons. The number of aliphatic hydroxyl groups excluding tert-OH is 2. The van der Waals surface area contributed by atoms with Crippen molar-refractivity contribution in [1.82, 2.24) is 20.6 Å². The van der Waals surface area contributed by atoms with E-state index in [4.69, 9.17) is 9.57 Å². The lowest BCUT2D eigenvalue weighted by Gasteiger charge is -2.62. The zero-order chi connectivity index (χ0) is 37.3. The SMILES string of the molecule is COc1c(CN2O[C@@H](CO)[C@H]([C@H](C)O)[C@H]2C(=O)N[C@H]2C[C@@H]3C[C@H]([C@@H]2C)C3(C)C)cccc1-c1cc(C(=O)NCCN2CCSCC2)cc(N(C)C)c1. The van der Waals surface area contributed by atoms with Crippen LogP contribution in [0, 0.1) is 29.1 Å². The minimum absolute atomic E-state index is 0.0473. The normalized spacial score (nSPS) is 29.2. The summed E-state index contributed by atoms with van der Waals surface area (Å²) in [6, 6.07) is 10.9. The molecule has 2 aromatic rings. The van der Waals surface area contributed by atoms with Gasteiger partial charge in [-0.25, -0.2) is 0 Å². The zero-order valence-corrected chi connectivity index (χ0v) is 32.7. The highest BCUT2D eigenvalue weighted by Crippen LogP contribution is 2.61. The van der Waals surface area contributed by atoms with Crippen LogP contribution in [0.2, 0.25) is 0 Å². The first-order valence-electron chi connectivity index (χ1n) is 18.9. The van der Waals surface area contributed by atoms with Gasteiger partial charge in [0, 0.05) is 86.1 Å². The minimum Gasteiger partial charge on any atom is -0.496 e. The number of methoxy groups -OCH3 is 1. The predicted octanol–water partition coefficient (Wildman–Crippen LogP) is 3.87. The van der Waals surface area contributed by atoms with Crippen molar-refractivity contribution in [3.8, 4) is 16.9 Å². The van der Waals surface area contributed by atoms with Gasteiger partial charge in [-0.05, 0) is 66.7 Å². The third-order valence-electron chi connectivity index (χ3n) is 12.5. The zero-order valence-electron chi connectivity index (χ0n) is 31.9. The number of hydrogen-bond acceptors (Lipinski definition) is 10. The van der Waals surface area contributed by atoms with E-state index in [9.17, 15) is 19.8 Å². The highest BCUT2D eigenvalue weighted by atomic mass is 32.2. The van der Waals surface area contributed by atoms with E-state index in [1.165, 1.54) is 6.42 Å². The average Bonchev–Trinajstić information content (AvgIpc) is 3.51. The molecule has 7 rings (SSSR count). The highest BCUT2D eigenvalue weighted by Gasteiger charge is 2.57. The summed E-state index contributed by atoms with van der Waals surface area (Å²) >= 11 is 1.97. The van der Waals surface area contributed by atoms with E-state index >= 15 is 0 Å². The lowest BCUT2D eigenvalue weighted by molar-refractivity contribution is -0.183. The molecule has 12 heteroatoms. The summed E-state index contributed by atoms with van der Waals surface area (Å²) < 4.78 is 6.07. The molecule has 2 aliphatic heterocycles. The molecule has 8 atom stereocenters. The lowest BCUT2D eigenvalue weighted by Crippen LogP contribution is -2.62. The fourth-order valence-electron chi connectivity index (χ4n) is 9.24. The Balaban J connectivity index is 1.25. The summed E-state index contributed by atoms with van der Waals surface area (Å²) in [6.45, 7) is 11.9. The van der Waals surface area contributed by atoms with E-state index in [1.54, 1.807) is 19.1 Å². The number of benzene rings is 2. The number of ether oxygens (including phenoxy) is 1. The third kappa shape index (κ3) is 7.84. The number of amides is 2. The first-order valence-corrected chi connectivity index (χ1v) is 20.1. The highest BCUT2D eigenvalue weighted by molar-refractivity contribution is 7.99. The van der Waals surface area contributed by atoms with E-state index in [2.05, 4.69) is 36.3 Å². The Kier molecular flexibility index (Phi) is 12.1. The number of nitrogens with zero attached hydrogens (tertiary/aromatic N) is 3. The van der Waals surface area contributed by atoms with Crippen molar-refractivity contribution in [3.05, 3.63) is 47.5 Å². The Bertz CT molecular complexity index is 1580. The summed E-state index contributed by atoms with van der Waals surface area (Å²) in [5, 5.41) is 29.3. The van der Waals surface area contributed by atoms with E-state index < -0.39 is 24.2 Å². The summed E-state index contributed by atoms with van der Waals surface area (Å²) in [4.78, 5) is 38.3. The van der Waals surface area contributed by atoms with Gasteiger partial charge < -0.3 is 30.5 Å². The van der Waals surface area contributed by atoms with Crippen LogP contribution in [0.25, 0.3) is 11.1 Å². The first-order chi connectivity index (χ1) is 24.8. The van der Waals surface area contributed by atoms with Crippen LogP contribution in [0.1, 0.15) is 56.5 Å². The maximum atomic E-state index is 14.2. The van der Waals surface area contributed by atoms with Crippen LogP contribution in [0.4, 0.5) is 5.69 Å². The van der Waals surface area contributed by atoms with Gasteiger partial charge in [0.15, 0.2) is 0 Å². The van der Waals surface area contributed by atoms with Crippen LogP contribution in [0.3, 0.4) is 0 Å². The molecule has 2 aromatic carbocycles. The minimum atomic E-state index is -0.889. The van der Waals surface area contributed by atoms with E-state index in [-0.39, 0.29) is 36.4 Å². The van der Waals surface area contributed by atoms with Gasteiger partial charge in [0.2, 0.25) is 5.91 Å². The molecule has 4 N–H and O–H groups in total. The quantitative estimate of drug-likeness (QED) is 0.241. The first kappa shape index (κ1) is 38.8. The summed E-state index contributed by atoms with van der Waals surface area (Å²) in [7, 11) is 5.52. The molecule has 0 unspecified atom stereocenters. The second kappa shape index (κ2) is 16.2. The second-order valence-corrected chi connectivity index (χ2v) is 17.3. The summed E-state index contributed by atoms with van der Waals surface area (Å²) in [6.07, 6.45) is 0.513. The van der Waals surface area contributed by atoms with Crippen LogP contribution >= 0.6 is 11.8 Å². The largest absolute Gasteiger partial charge is 0.496 e. The average molecular weight is 738 g/mol. The van der Waals surface area contributed by atoms with Crippen molar-refractivity contribution in [1.29, 1.82) is 0 Å². The molecule has 2 heterocycles. The van der Waals surface area contributed by atoms with Crippen LogP contribution < -0.4 is 20.3 Å². The fraction of sp³-hybridized carbons (Fsp3) is 0.650. The molecule has 0 spiro atoms. The number of para-hydroxylation sites is 1. The van der Waals surface area contributed by atoms with Gasteiger partial charge in [-0.2, -0.15) is 16.8 Å². The monoisotopic (exact) mass is 737 g/mol. The second-order valence-electron chi connectivity index (χ2n) is 16.1. The molecule has 3 saturated carbocycles. The number of nitrogens with one attached hydrogen (secondary N) is 2. The summed E-state index contributed by atoms with van der Waals surface area (Å²) in [5.74, 6) is 3.39. The Hall–Kier alpha value is -2.87. The molecule has 52 heavy (non-hydrogen) atoms. The fourth-order valence-corrected chi connectivity index (χ4v) is 10.2. The number of hydrogen-bond donors (Lipinski definition) is 4. The number of aliphatic hydroxyl groups is 2. The van der Waals surface area contributed by atoms with Crippen molar-refractivity contribution in [2.45, 2.75) is 71.4 Å². The van der Waals surface area contributed by atoms with E-state index in [0.29, 0.717) is 35.6 Å². The van der Waals surface area contributed by atoms with Crippen molar-refractivity contribution in [2.24, 2.45) is 29.1 Å². The van der Waals surface area contributed by atoms with Crippen LogP contribution in [-0.4, -0.2) is 122 Å². The van der Waals surface area contributed by atoms with Gasteiger partial charge >= 0.3 is 0 Å². The number of anilines is 1. The van der Waals surface area contributed by atoms with Crippen LogP contribution in [-0.2, 0) is 16.2 Å². The van der Waals surface area contributed by atoms with Crippen molar-refractivity contribution in [2.75, 3.05) is 70.4 Å². The Morgan fingerprint density at radius 1 is 1.15 bits per heavy atom. The standard InChI is InChI=1S/C40H59N5O6S/c1-24-32-20-29(40(32,3)4)21-33(24)42-39(49)36-35(25(2)47)34(23-46)51-45(36)22-26-9-8-10-31(37(26)50-7)27-17-28(19-30(18-27)43(5)6)38(48)41-11-12-44-13-15-52-16-14-44/h8-10,17-19,24-25,29,32-36,46-47H,11-16,20-23H2,1-7H3,(H,41,48)(H,42,49)/t24-,25-,29-,32+,33-,34-,35-,36-/m0/s1. The van der Waals surface area contributed by atoms with Crippen molar-refractivity contribution < 1.29 is 29.4 Å². The Labute approximate surface area is 313 Å². The molecule has 2 saturated heterocycles. The summed E-state index contributed by atoms with van der Waals surface area (Å²) in [5.41, 5.74) is 4.13. The van der Waals surface area contributed by atoms with Crippen molar-refractivity contribution >= 4 is 29.3 Å². The number of carbonyl (C=O) groups is 2. The third-order valence-corrected chi connectivity index (χ3v) is 13.5. The van der Waals surface area contributed by atoms with Gasteiger partial charge in [-0.3, -0.25) is 19.3 Å². The maximum Gasteiger partial charge on any atom is 0.251 e. The molecule has 5 fully saturated rings. The Morgan fingerprint density at radius 3 is 2.54 bits per heavy atom. The topological polar surface area (TPSA) is 127 Å². The Morgan fingerprint density at radius 2 is 1.90 bits per heavy atom. The molecular formula is C40H59N5O6S. The smallest absolute Gasteiger partial charge is 0.251 e. The van der Waals surface area contributed by atoms with Gasteiger partial charge in [-0.1, -0.05) is 39.0 Å². The predicted molar refractivity (Wildman–Crippen MR) is 206 cm³/mol. The van der Waals surface area contributed by atoms with E-state index in [1.807, 2.05) is 67.2 Å².